The number of halogens is 2. The average Bonchev–Trinajstić information content (AvgIpc) is 3.06. The maximum atomic E-state index is 13.8. The number of carbonyl (C=O) groups is 1. The van der Waals surface area contributed by atoms with Crippen LogP contribution >= 0.6 is 0 Å². The van der Waals surface area contributed by atoms with Gasteiger partial charge in [0, 0.05) is 18.2 Å². The highest BCUT2D eigenvalue weighted by molar-refractivity contribution is 5.53. The molecule has 0 saturated carbocycles. The van der Waals surface area contributed by atoms with Gasteiger partial charge in [0.15, 0.2) is 0 Å². The zero-order valence-corrected chi connectivity index (χ0v) is 12.9. The average molecular weight is 344 g/mol. The van der Waals surface area contributed by atoms with E-state index in [1.54, 1.807) is 12.1 Å². The van der Waals surface area contributed by atoms with E-state index in [0.29, 0.717) is 18.5 Å². The first-order valence-electron chi connectivity index (χ1n) is 7.40. The molecule has 8 heteroatoms. The number of carbonyl (C=O) groups excluding carboxylic acids is 1. The lowest BCUT2D eigenvalue weighted by molar-refractivity contribution is -0.110. The normalized spacial score (nSPS) is 11.9. The minimum Gasteiger partial charge on any atom is -0.418 e. The molecule has 1 amide bonds. The predicted molar refractivity (Wildman–Crippen MR) is 86.1 cm³/mol. The van der Waals surface area contributed by atoms with Crippen molar-refractivity contribution in [3.05, 3.63) is 65.6 Å². The number of aromatic nitrogens is 2. The molecule has 3 aromatic rings. The minimum atomic E-state index is -0.811. The van der Waals surface area contributed by atoms with Crippen molar-refractivity contribution in [1.82, 2.24) is 15.5 Å². The summed E-state index contributed by atoms with van der Waals surface area (Å²) in [4.78, 5) is 10.9. The molecule has 0 spiro atoms. The van der Waals surface area contributed by atoms with E-state index >= 15 is 0 Å². The summed E-state index contributed by atoms with van der Waals surface area (Å²) >= 11 is 0. The molecule has 1 heterocycles. The van der Waals surface area contributed by atoms with Crippen molar-refractivity contribution in [2.75, 3.05) is 5.73 Å². The second-order valence-corrected chi connectivity index (χ2v) is 5.35. The van der Waals surface area contributed by atoms with Crippen molar-refractivity contribution in [3.8, 4) is 11.5 Å². The van der Waals surface area contributed by atoms with Crippen LogP contribution in [0.5, 0.6) is 0 Å². The Labute approximate surface area is 141 Å². The van der Waals surface area contributed by atoms with E-state index in [1.165, 1.54) is 6.07 Å². The number of nitrogens with two attached hydrogens (primary N) is 1. The Morgan fingerprint density at radius 2 is 1.92 bits per heavy atom. The number of anilines is 1. The van der Waals surface area contributed by atoms with Gasteiger partial charge in [0.25, 0.3) is 5.89 Å². The summed E-state index contributed by atoms with van der Waals surface area (Å²) < 4.78 is 32.3. The first kappa shape index (κ1) is 16.6. The van der Waals surface area contributed by atoms with Crippen molar-refractivity contribution < 1.29 is 18.0 Å². The third-order valence-corrected chi connectivity index (χ3v) is 3.59. The molecule has 1 atom stereocenters. The standard InChI is InChI=1S/C17H14F2N4O2/c18-11-3-6-13(14(19)8-11)16-22-23-17(25-16)15(21-9-24)7-10-1-4-12(20)5-2-10/h1-6,8-9,15H,7,20H2,(H,21,24)/t15-/m0/s1. The summed E-state index contributed by atoms with van der Waals surface area (Å²) in [7, 11) is 0. The molecule has 3 N–H and O–H groups in total. The van der Waals surface area contributed by atoms with Gasteiger partial charge in [-0.05, 0) is 29.8 Å². The molecule has 0 bridgehead atoms. The van der Waals surface area contributed by atoms with Gasteiger partial charge in [0.1, 0.15) is 17.7 Å². The number of nitrogen functional groups attached to an aromatic ring is 1. The van der Waals surface area contributed by atoms with Gasteiger partial charge in [-0.3, -0.25) is 4.79 Å². The van der Waals surface area contributed by atoms with Crippen molar-refractivity contribution in [2.45, 2.75) is 12.5 Å². The fraction of sp³-hybridized carbons (Fsp3) is 0.118. The van der Waals surface area contributed by atoms with Gasteiger partial charge in [-0.25, -0.2) is 8.78 Å². The second kappa shape index (κ2) is 7.08. The molecule has 25 heavy (non-hydrogen) atoms. The maximum absolute atomic E-state index is 13.8. The van der Waals surface area contributed by atoms with Gasteiger partial charge < -0.3 is 15.5 Å². The Bertz CT molecular complexity index is 881. The van der Waals surface area contributed by atoms with Crippen LogP contribution in [0.25, 0.3) is 11.5 Å². The fourth-order valence-electron chi connectivity index (χ4n) is 2.34. The van der Waals surface area contributed by atoms with Crippen LogP contribution in [-0.4, -0.2) is 16.6 Å². The van der Waals surface area contributed by atoms with Gasteiger partial charge in [0.2, 0.25) is 12.3 Å². The van der Waals surface area contributed by atoms with Crippen LogP contribution in [0.3, 0.4) is 0 Å². The van der Waals surface area contributed by atoms with Gasteiger partial charge in [-0.2, -0.15) is 0 Å². The van der Waals surface area contributed by atoms with E-state index in [4.69, 9.17) is 10.2 Å². The Hall–Kier alpha value is -3.29. The van der Waals surface area contributed by atoms with Crippen LogP contribution in [0.4, 0.5) is 14.5 Å². The predicted octanol–water partition coefficient (Wildman–Crippen LogP) is 2.63. The lowest BCUT2D eigenvalue weighted by atomic mass is 10.1. The molecule has 0 aliphatic rings. The Kier molecular flexibility index (Phi) is 4.69. The van der Waals surface area contributed by atoms with Crippen molar-refractivity contribution in [3.63, 3.8) is 0 Å². The molecule has 0 aliphatic carbocycles. The van der Waals surface area contributed by atoms with Crippen molar-refractivity contribution in [1.29, 1.82) is 0 Å². The number of nitrogens with zero attached hydrogens (tertiary/aromatic N) is 2. The summed E-state index contributed by atoms with van der Waals surface area (Å²) in [5.74, 6) is -1.50. The Morgan fingerprint density at radius 3 is 2.60 bits per heavy atom. The third kappa shape index (κ3) is 3.79. The zero-order chi connectivity index (χ0) is 17.8. The van der Waals surface area contributed by atoms with Crippen molar-refractivity contribution in [2.24, 2.45) is 0 Å². The quantitative estimate of drug-likeness (QED) is 0.529. The SMILES string of the molecule is Nc1ccc(C[C@H](NC=O)c2nnc(-c3ccc(F)cc3F)o2)cc1. The van der Waals surface area contributed by atoms with Crippen LogP contribution in [0.15, 0.2) is 46.9 Å². The van der Waals surface area contributed by atoms with Crippen molar-refractivity contribution >= 4 is 12.1 Å². The molecule has 0 radical (unpaired) electrons. The zero-order valence-electron chi connectivity index (χ0n) is 12.9. The van der Waals surface area contributed by atoms with Crippen LogP contribution in [0.2, 0.25) is 0 Å². The molecule has 3 rings (SSSR count). The Morgan fingerprint density at radius 1 is 1.16 bits per heavy atom. The van der Waals surface area contributed by atoms with Crippen LogP contribution < -0.4 is 11.1 Å². The first-order chi connectivity index (χ1) is 12.1. The van der Waals surface area contributed by atoms with Gasteiger partial charge in [-0.15, -0.1) is 10.2 Å². The maximum Gasteiger partial charge on any atom is 0.250 e. The number of benzene rings is 2. The Balaban J connectivity index is 1.86. The second-order valence-electron chi connectivity index (χ2n) is 5.35. The van der Waals surface area contributed by atoms with E-state index in [9.17, 15) is 13.6 Å². The largest absolute Gasteiger partial charge is 0.418 e. The minimum absolute atomic E-state index is 0.0162. The number of hydrogen-bond donors (Lipinski definition) is 2. The number of rotatable bonds is 6. The van der Waals surface area contributed by atoms with Crippen LogP contribution in [-0.2, 0) is 11.2 Å². The molecule has 1 aromatic heterocycles. The van der Waals surface area contributed by atoms with Crippen LogP contribution in [0.1, 0.15) is 17.5 Å². The monoisotopic (exact) mass is 344 g/mol. The summed E-state index contributed by atoms with van der Waals surface area (Å²) in [6.45, 7) is 0. The summed E-state index contributed by atoms with van der Waals surface area (Å²) in [5, 5.41) is 10.2. The number of hydrogen-bond acceptors (Lipinski definition) is 5. The molecule has 128 valence electrons. The van der Waals surface area contributed by atoms with E-state index in [2.05, 4.69) is 15.5 Å². The number of nitrogens with one attached hydrogen (secondary N) is 1. The van der Waals surface area contributed by atoms with Gasteiger partial charge in [0.05, 0.1) is 5.56 Å². The van der Waals surface area contributed by atoms with Crippen LogP contribution in [0, 0.1) is 11.6 Å². The molecule has 0 fully saturated rings. The van der Waals surface area contributed by atoms with E-state index in [0.717, 1.165) is 17.7 Å². The van der Waals surface area contributed by atoms with E-state index in [1.807, 2.05) is 12.1 Å². The number of amides is 1. The summed E-state index contributed by atoms with van der Waals surface area (Å²) in [5.41, 5.74) is 7.14. The highest BCUT2D eigenvalue weighted by atomic mass is 19.1. The molecule has 0 saturated heterocycles. The van der Waals surface area contributed by atoms with Gasteiger partial charge in [-0.1, -0.05) is 12.1 Å². The lowest BCUT2D eigenvalue weighted by Crippen LogP contribution is -2.22. The van der Waals surface area contributed by atoms with E-state index in [-0.39, 0.29) is 17.3 Å². The molecule has 6 nitrogen and oxygen atoms in total. The molecule has 0 aliphatic heterocycles. The molecule has 0 unspecified atom stereocenters. The summed E-state index contributed by atoms with van der Waals surface area (Å²) in [6.07, 6.45) is 0.900. The fourth-order valence-corrected chi connectivity index (χ4v) is 2.34. The molecular weight excluding hydrogens is 330 g/mol. The first-order valence-corrected chi connectivity index (χ1v) is 7.40. The highest BCUT2D eigenvalue weighted by Gasteiger charge is 2.21. The third-order valence-electron chi connectivity index (χ3n) is 3.59. The molecule has 2 aromatic carbocycles. The smallest absolute Gasteiger partial charge is 0.250 e. The van der Waals surface area contributed by atoms with E-state index < -0.39 is 17.7 Å². The molecular formula is C17H14F2N4O2. The van der Waals surface area contributed by atoms with Gasteiger partial charge >= 0.3 is 0 Å². The topological polar surface area (TPSA) is 94.0 Å². The lowest BCUT2D eigenvalue weighted by Gasteiger charge is -2.12. The summed E-state index contributed by atoms with van der Waals surface area (Å²) in [6, 6.07) is 9.54. The highest BCUT2D eigenvalue weighted by Crippen LogP contribution is 2.25.